The highest BCUT2D eigenvalue weighted by molar-refractivity contribution is 7.89. The van der Waals surface area contributed by atoms with Gasteiger partial charge in [0.2, 0.25) is 15.9 Å². The van der Waals surface area contributed by atoms with Gasteiger partial charge in [-0.25, -0.2) is 8.42 Å². The monoisotopic (exact) mass is 416 g/mol. The zero-order valence-electron chi connectivity index (χ0n) is 16.9. The van der Waals surface area contributed by atoms with Crippen LogP contribution in [0.4, 0.5) is 0 Å². The van der Waals surface area contributed by atoms with E-state index < -0.39 is 16.1 Å². The highest BCUT2D eigenvalue weighted by atomic mass is 32.2. The van der Waals surface area contributed by atoms with Crippen LogP contribution in [0.5, 0.6) is 5.75 Å². The van der Waals surface area contributed by atoms with Crippen LogP contribution in [0.25, 0.3) is 11.1 Å². The largest absolute Gasteiger partial charge is 0.496 e. The summed E-state index contributed by atoms with van der Waals surface area (Å²) >= 11 is 0. The van der Waals surface area contributed by atoms with Crippen LogP contribution < -0.4 is 14.8 Å². The molecule has 29 heavy (non-hydrogen) atoms. The molecule has 0 bridgehead atoms. The molecule has 0 spiro atoms. The maximum Gasteiger partial charge on any atom is 0.241 e. The number of hydrogen-bond donors (Lipinski definition) is 2. The van der Waals surface area contributed by atoms with E-state index in [9.17, 15) is 13.2 Å². The van der Waals surface area contributed by atoms with E-state index in [1.165, 1.54) is 0 Å². The molecule has 1 fully saturated rings. The fourth-order valence-electron chi connectivity index (χ4n) is 3.75. The molecular formula is C22H28N2O4S. The fraction of sp³-hybridized carbons (Fsp3) is 0.409. The summed E-state index contributed by atoms with van der Waals surface area (Å²) in [6.07, 6.45) is 3.55. The maximum absolute atomic E-state index is 13.3. The molecule has 1 saturated heterocycles. The second kappa shape index (κ2) is 9.41. The first kappa shape index (κ1) is 21.3. The van der Waals surface area contributed by atoms with E-state index in [1.807, 2.05) is 37.3 Å². The van der Waals surface area contributed by atoms with E-state index >= 15 is 0 Å². The lowest BCUT2D eigenvalue weighted by atomic mass is 9.96. The van der Waals surface area contributed by atoms with Crippen molar-refractivity contribution < 1.29 is 17.9 Å². The van der Waals surface area contributed by atoms with Crippen LogP contribution in [0.15, 0.2) is 47.4 Å². The summed E-state index contributed by atoms with van der Waals surface area (Å²) in [5.74, 6) is 0.430. The van der Waals surface area contributed by atoms with Crippen LogP contribution in [0.2, 0.25) is 0 Å². The molecule has 0 radical (unpaired) electrons. The minimum absolute atomic E-state index is 0.222. The number of carbonyl (C=O) groups excluding carboxylic acids is 1. The molecule has 0 aliphatic carbocycles. The Balaban J connectivity index is 2.05. The SMILES string of the molecule is CCCc1c(-c2ccccc2OC)cccc1S(=O)(=O)N[C@@H]1CCCCNC1=O. The highest BCUT2D eigenvalue weighted by Crippen LogP contribution is 2.35. The number of amides is 1. The number of hydrogen-bond acceptors (Lipinski definition) is 4. The van der Waals surface area contributed by atoms with Crippen molar-refractivity contribution in [2.75, 3.05) is 13.7 Å². The Kier molecular flexibility index (Phi) is 6.92. The van der Waals surface area contributed by atoms with Gasteiger partial charge in [0.25, 0.3) is 0 Å². The first-order chi connectivity index (χ1) is 14.0. The van der Waals surface area contributed by atoms with Crippen LogP contribution in [0.3, 0.4) is 0 Å². The summed E-state index contributed by atoms with van der Waals surface area (Å²) < 4.78 is 34.7. The third kappa shape index (κ3) is 4.79. The molecule has 0 saturated carbocycles. The second-order valence-electron chi connectivity index (χ2n) is 7.19. The fourth-order valence-corrected chi connectivity index (χ4v) is 5.27. The Morgan fingerprint density at radius 1 is 1.10 bits per heavy atom. The Morgan fingerprint density at radius 3 is 2.62 bits per heavy atom. The summed E-state index contributed by atoms with van der Waals surface area (Å²) in [6, 6.07) is 12.1. The van der Waals surface area contributed by atoms with Crippen molar-refractivity contribution in [3.63, 3.8) is 0 Å². The molecule has 2 N–H and O–H groups in total. The Hall–Kier alpha value is -2.38. The van der Waals surface area contributed by atoms with Crippen molar-refractivity contribution in [3.05, 3.63) is 48.0 Å². The molecule has 0 unspecified atom stereocenters. The minimum Gasteiger partial charge on any atom is -0.496 e. The third-order valence-electron chi connectivity index (χ3n) is 5.15. The smallest absolute Gasteiger partial charge is 0.241 e. The zero-order chi connectivity index (χ0) is 20.9. The predicted octanol–water partition coefficient (Wildman–Crippen LogP) is 3.26. The quantitative estimate of drug-likeness (QED) is 0.726. The minimum atomic E-state index is -3.86. The number of methoxy groups -OCH3 is 1. The molecule has 1 amide bonds. The maximum atomic E-state index is 13.3. The van der Waals surface area contributed by atoms with E-state index in [2.05, 4.69) is 10.0 Å². The van der Waals surface area contributed by atoms with Crippen molar-refractivity contribution in [1.82, 2.24) is 10.0 Å². The lowest BCUT2D eigenvalue weighted by Crippen LogP contribution is -2.45. The van der Waals surface area contributed by atoms with Crippen LogP contribution in [0.1, 0.15) is 38.2 Å². The van der Waals surface area contributed by atoms with Gasteiger partial charge >= 0.3 is 0 Å². The lowest BCUT2D eigenvalue weighted by Gasteiger charge is -2.20. The molecule has 2 aromatic carbocycles. The molecule has 156 valence electrons. The van der Waals surface area contributed by atoms with Crippen LogP contribution in [0, 0.1) is 0 Å². The van der Waals surface area contributed by atoms with Crippen molar-refractivity contribution in [2.24, 2.45) is 0 Å². The van der Waals surface area contributed by atoms with Crippen molar-refractivity contribution >= 4 is 15.9 Å². The third-order valence-corrected chi connectivity index (χ3v) is 6.71. The van der Waals surface area contributed by atoms with Crippen LogP contribution >= 0.6 is 0 Å². The van der Waals surface area contributed by atoms with E-state index in [0.717, 1.165) is 36.0 Å². The summed E-state index contributed by atoms with van der Waals surface area (Å²) in [5.41, 5.74) is 2.42. The molecule has 0 aromatic heterocycles. The number of sulfonamides is 1. The number of para-hydroxylation sites is 1. The average molecular weight is 417 g/mol. The topological polar surface area (TPSA) is 84.5 Å². The van der Waals surface area contributed by atoms with E-state index in [1.54, 1.807) is 19.2 Å². The molecule has 2 aromatic rings. The summed E-state index contributed by atoms with van der Waals surface area (Å²) in [4.78, 5) is 12.5. The van der Waals surface area contributed by atoms with Crippen molar-refractivity contribution in [2.45, 2.75) is 50.0 Å². The van der Waals surface area contributed by atoms with Gasteiger partial charge < -0.3 is 10.1 Å². The van der Waals surface area contributed by atoms with Crippen molar-refractivity contribution in [3.8, 4) is 16.9 Å². The number of ether oxygens (including phenoxy) is 1. The number of carbonyl (C=O) groups is 1. The molecule has 6 nitrogen and oxygen atoms in total. The molecule has 3 rings (SSSR count). The highest BCUT2D eigenvalue weighted by Gasteiger charge is 2.29. The summed E-state index contributed by atoms with van der Waals surface area (Å²) in [5, 5.41) is 2.78. The van der Waals surface area contributed by atoms with E-state index in [0.29, 0.717) is 25.1 Å². The first-order valence-electron chi connectivity index (χ1n) is 10.0. The van der Waals surface area contributed by atoms with Gasteiger partial charge in [0, 0.05) is 12.1 Å². The van der Waals surface area contributed by atoms with Gasteiger partial charge in [-0.1, -0.05) is 43.7 Å². The molecule has 1 aliphatic heterocycles. The number of nitrogens with one attached hydrogen (secondary N) is 2. The average Bonchev–Trinajstić information content (AvgIpc) is 2.92. The second-order valence-corrected chi connectivity index (χ2v) is 8.88. The van der Waals surface area contributed by atoms with E-state index in [-0.39, 0.29) is 10.8 Å². The Morgan fingerprint density at radius 2 is 1.86 bits per heavy atom. The number of benzene rings is 2. The molecular weight excluding hydrogens is 388 g/mol. The summed E-state index contributed by atoms with van der Waals surface area (Å²) in [6.45, 7) is 2.60. The van der Waals surface area contributed by atoms with Gasteiger partial charge in [-0.15, -0.1) is 0 Å². The van der Waals surface area contributed by atoms with Gasteiger partial charge in [0.05, 0.1) is 12.0 Å². The Labute approximate surface area is 172 Å². The molecule has 1 atom stereocenters. The van der Waals surface area contributed by atoms with Crippen molar-refractivity contribution in [1.29, 1.82) is 0 Å². The molecule has 1 aliphatic rings. The van der Waals surface area contributed by atoms with Gasteiger partial charge in [0.1, 0.15) is 11.8 Å². The molecule has 1 heterocycles. The van der Waals surface area contributed by atoms with Gasteiger partial charge in [0.15, 0.2) is 0 Å². The standard InChI is InChI=1S/C22H28N2O4S/c1-3-9-18-16(17-10-4-5-13-20(17)28-2)11-8-14-21(18)29(26,27)24-19-12-6-7-15-23-22(19)25/h4-5,8,10-11,13-14,19,24H,3,6-7,9,12,15H2,1-2H3,(H,23,25)/t19-/m1/s1. The first-order valence-corrected chi connectivity index (χ1v) is 11.5. The normalized spacial score (nSPS) is 17.4. The van der Waals surface area contributed by atoms with Crippen LogP contribution in [-0.2, 0) is 21.2 Å². The van der Waals surface area contributed by atoms with Crippen LogP contribution in [-0.4, -0.2) is 34.0 Å². The van der Waals surface area contributed by atoms with Gasteiger partial charge in [-0.2, -0.15) is 4.72 Å². The Bertz CT molecular complexity index is 973. The predicted molar refractivity (Wildman–Crippen MR) is 113 cm³/mol. The zero-order valence-corrected chi connectivity index (χ0v) is 17.7. The molecule has 7 heteroatoms. The summed E-state index contributed by atoms with van der Waals surface area (Å²) in [7, 11) is -2.26. The lowest BCUT2D eigenvalue weighted by molar-refractivity contribution is -0.122. The van der Waals surface area contributed by atoms with Gasteiger partial charge in [-0.05, 0) is 48.9 Å². The number of rotatable bonds is 7. The van der Waals surface area contributed by atoms with E-state index in [4.69, 9.17) is 4.74 Å². The van der Waals surface area contributed by atoms with Gasteiger partial charge in [-0.3, -0.25) is 4.79 Å².